The summed E-state index contributed by atoms with van der Waals surface area (Å²) >= 11 is 5.79. The summed E-state index contributed by atoms with van der Waals surface area (Å²) in [5.41, 5.74) is 0. The van der Waals surface area contributed by atoms with E-state index in [9.17, 15) is 9.59 Å². The van der Waals surface area contributed by atoms with Crippen LogP contribution in [-0.2, 0) is 19.1 Å². The van der Waals surface area contributed by atoms with E-state index in [4.69, 9.17) is 25.8 Å². The highest BCUT2D eigenvalue weighted by Gasteiger charge is 2.08. The van der Waals surface area contributed by atoms with Crippen molar-refractivity contribution in [3.05, 3.63) is 29.3 Å². The lowest BCUT2D eigenvalue weighted by molar-refractivity contribution is -0.152. The van der Waals surface area contributed by atoms with Crippen molar-refractivity contribution in [2.24, 2.45) is 0 Å². The van der Waals surface area contributed by atoms with Crippen LogP contribution in [0.25, 0.3) is 0 Å². The first-order valence-electron chi connectivity index (χ1n) is 8.31. The zero-order valence-electron chi connectivity index (χ0n) is 14.1. The van der Waals surface area contributed by atoms with Crippen LogP contribution in [0.5, 0.6) is 5.75 Å². The van der Waals surface area contributed by atoms with Gasteiger partial charge in [-0.1, -0.05) is 56.7 Å². The first-order chi connectivity index (χ1) is 11.6. The van der Waals surface area contributed by atoms with Crippen molar-refractivity contribution in [1.82, 2.24) is 0 Å². The number of carbonyl (C=O) groups excluding carboxylic acids is 2. The molecule has 0 atom stereocenters. The molecule has 0 aliphatic rings. The molecule has 0 N–H and O–H groups in total. The predicted octanol–water partition coefficient (Wildman–Crippen LogP) is 4.17. The van der Waals surface area contributed by atoms with Crippen LogP contribution in [0.2, 0.25) is 5.02 Å². The Labute approximate surface area is 148 Å². The largest absolute Gasteiger partial charge is 0.464 e. The van der Waals surface area contributed by atoms with E-state index in [1.807, 2.05) is 0 Å². The lowest BCUT2D eigenvalue weighted by Crippen LogP contribution is -2.20. The summed E-state index contributed by atoms with van der Waals surface area (Å²) in [5, 5.41) is 0.472. The van der Waals surface area contributed by atoms with Crippen molar-refractivity contribution in [3.63, 3.8) is 0 Å². The molecule has 0 radical (unpaired) electrons. The Morgan fingerprint density at radius 3 is 2.46 bits per heavy atom. The minimum Gasteiger partial charge on any atom is -0.464 e. The van der Waals surface area contributed by atoms with E-state index in [1.165, 1.54) is 25.3 Å². The SMILES string of the molecule is CCCCCCCCOC(=O)COCC(=O)Oc1cccc(Cl)c1. The molecule has 0 heterocycles. The number of rotatable bonds is 12. The van der Waals surface area contributed by atoms with Gasteiger partial charge in [-0.2, -0.15) is 0 Å². The van der Waals surface area contributed by atoms with E-state index in [0.29, 0.717) is 17.4 Å². The molecule has 0 saturated heterocycles. The molecule has 24 heavy (non-hydrogen) atoms. The first kappa shape index (κ1) is 20.5. The van der Waals surface area contributed by atoms with Crippen molar-refractivity contribution in [1.29, 1.82) is 0 Å². The van der Waals surface area contributed by atoms with Gasteiger partial charge in [0.15, 0.2) is 0 Å². The van der Waals surface area contributed by atoms with Crippen molar-refractivity contribution >= 4 is 23.5 Å². The Morgan fingerprint density at radius 1 is 1.00 bits per heavy atom. The maximum absolute atomic E-state index is 11.5. The predicted molar refractivity (Wildman–Crippen MR) is 92.2 cm³/mol. The van der Waals surface area contributed by atoms with Crippen molar-refractivity contribution in [3.8, 4) is 5.75 Å². The number of unbranched alkanes of at least 4 members (excludes halogenated alkanes) is 5. The highest BCUT2D eigenvalue weighted by molar-refractivity contribution is 6.30. The Kier molecular flexibility index (Phi) is 10.9. The van der Waals surface area contributed by atoms with Crippen LogP contribution < -0.4 is 4.74 Å². The summed E-state index contributed by atoms with van der Waals surface area (Å²) in [6.45, 7) is 1.98. The summed E-state index contributed by atoms with van der Waals surface area (Å²) in [5.74, 6) is -0.734. The monoisotopic (exact) mass is 356 g/mol. The molecule has 0 amide bonds. The molecule has 0 saturated carbocycles. The Hall–Kier alpha value is -1.59. The van der Waals surface area contributed by atoms with Crippen LogP contribution in [0, 0.1) is 0 Å². The third-order valence-electron chi connectivity index (χ3n) is 3.23. The zero-order valence-corrected chi connectivity index (χ0v) is 14.8. The molecule has 5 nitrogen and oxygen atoms in total. The molecule has 1 aromatic rings. The fourth-order valence-corrected chi connectivity index (χ4v) is 2.20. The minimum atomic E-state index is -0.596. The normalized spacial score (nSPS) is 10.4. The van der Waals surface area contributed by atoms with Gasteiger partial charge in [-0.05, 0) is 24.6 Å². The van der Waals surface area contributed by atoms with Gasteiger partial charge >= 0.3 is 11.9 Å². The topological polar surface area (TPSA) is 61.8 Å². The molecular formula is C18H25ClO5. The highest BCUT2D eigenvalue weighted by atomic mass is 35.5. The summed E-state index contributed by atoms with van der Waals surface area (Å²) in [7, 11) is 0. The lowest BCUT2D eigenvalue weighted by atomic mass is 10.1. The zero-order chi connectivity index (χ0) is 17.6. The van der Waals surface area contributed by atoms with Gasteiger partial charge in [0.2, 0.25) is 0 Å². The standard InChI is InChI=1S/C18H25ClO5/c1-2-3-4-5-6-7-11-23-17(20)13-22-14-18(21)24-16-10-8-9-15(19)12-16/h8-10,12H,2-7,11,13-14H2,1H3. The highest BCUT2D eigenvalue weighted by Crippen LogP contribution is 2.17. The van der Waals surface area contributed by atoms with Gasteiger partial charge in [0.05, 0.1) is 6.61 Å². The van der Waals surface area contributed by atoms with Crippen LogP contribution in [0.4, 0.5) is 0 Å². The second-order valence-electron chi connectivity index (χ2n) is 5.41. The number of hydrogen-bond donors (Lipinski definition) is 0. The number of carbonyl (C=O) groups is 2. The van der Waals surface area contributed by atoms with Crippen molar-refractivity contribution in [2.45, 2.75) is 45.4 Å². The molecule has 0 unspecified atom stereocenters. The number of hydrogen-bond acceptors (Lipinski definition) is 5. The fourth-order valence-electron chi connectivity index (χ4n) is 2.02. The van der Waals surface area contributed by atoms with Crippen LogP contribution in [0.1, 0.15) is 45.4 Å². The van der Waals surface area contributed by atoms with Crippen LogP contribution in [0.15, 0.2) is 24.3 Å². The third kappa shape index (κ3) is 10.2. The molecule has 134 valence electrons. The first-order valence-corrected chi connectivity index (χ1v) is 8.69. The minimum absolute atomic E-state index is 0.263. The van der Waals surface area contributed by atoms with E-state index >= 15 is 0 Å². The van der Waals surface area contributed by atoms with Crippen molar-refractivity contribution < 1.29 is 23.8 Å². The van der Waals surface area contributed by atoms with Crippen LogP contribution in [-0.4, -0.2) is 31.8 Å². The van der Waals surface area contributed by atoms with Gasteiger partial charge in [0, 0.05) is 5.02 Å². The molecule has 1 aromatic carbocycles. The van der Waals surface area contributed by atoms with Gasteiger partial charge in [-0.3, -0.25) is 0 Å². The molecule has 0 aliphatic carbocycles. The lowest BCUT2D eigenvalue weighted by Gasteiger charge is -2.07. The van der Waals surface area contributed by atoms with Gasteiger partial charge in [0.25, 0.3) is 0 Å². The van der Waals surface area contributed by atoms with Crippen molar-refractivity contribution in [2.75, 3.05) is 19.8 Å². The average molecular weight is 357 g/mol. The van der Waals surface area contributed by atoms with E-state index < -0.39 is 11.9 Å². The number of benzene rings is 1. The quantitative estimate of drug-likeness (QED) is 0.319. The van der Waals surface area contributed by atoms with Crippen LogP contribution >= 0.6 is 11.6 Å². The van der Waals surface area contributed by atoms with Crippen LogP contribution in [0.3, 0.4) is 0 Å². The third-order valence-corrected chi connectivity index (χ3v) is 3.46. The fraction of sp³-hybridized carbons (Fsp3) is 0.556. The summed E-state index contributed by atoms with van der Waals surface area (Å²) in [4.78, 5) is 23.0. The second kappa shape index (κ2) is 12.8. The summed E-state index contributed by atoms with van der Waals surface area (Å²) in [6, 6.07) is 6.48. The summed E-state index contributed by atoms with van der Waals surface area (Å²) < 4.78 is 15.0. The van der Waals surface area contributed by atoms with E-state index in [2.05, 4.69) is 6.92 Å². The molecule has 0 aromatic heterocycles. The Morgan fingerprint density at radius 2 is 1.71 bits per heavy atom. The Balaban J connectivity index is 2.03. The second-order valence-corrected chi connectivity index (χ2v) is 5.85. The maximum atomic E-state index is 11.5. The smallest absolute Gasteiger partial charge is 0.337 e. The number of halogens is 1. The van der Waals surface area contributed by atoms with E-state index in [0.717, 1.165) is 19.3 Å². The molecule has 0 spiro atoms. The van der Waals surface area contributed by atoms with E-state index in [-0.39, 0.29) is 13.2 Å². The Bertz CT molecular complexity index is 504. The molecular weight excluding hydrogens is 332 g/mol. The van der Waals surface area contributed by atoms with Gasteiger partial charge < -0.3 is 14.2 Å². The number of ether oxygens (including phenoxy) is 3. The summed E-state index contributed by atoms with van der Waals surface area (Å²) in [6.07, 6.45) is 6.76. The van der Waals surface area contributed by atoms with Gasteiger partial charge in [0.1, 0.15) is 19.0 Å². The van der Waals surface area contributed by atoms with E-state index in [1.54, 1.807) is 18.2 Å². The van der Waals surface area contributed by atoms with Gasteiger partial charge in [-0.25, -0.2) is 9.59 Å². The molecule has 1 rings (SSSR count). The molecule has 0 aliphatic heterocycles. The molecule has 0 fully saturated rings. The average Bonchev–Trinajstić information content (AvgIpc) is 2.54. The molecule has 6 heteroatoms. The van der Waals surface area contributed by atoms with Gasteiger partial charge in [-0.15, -0.1) is 0 Å². The molecule has 0 bridgehead atoms. The number of esters is 2. The maximum Gasteiger partial charge on any atom is 0.337 e.